The van der Waals surface area contributed by atoms with Crippen LogP contribution in [0.4, 0.5) is 17.6 Å². The maximum atomic E-state index is 15.1. The molecule has 1 aliphatic heterocycles. The molecule has 1 fully saturated rings. The predicted molar refractivity (Wildman–Crippen MR) is 142 cm³/mol. The highest BCUT2D eigenvalue weighted by atomic mass is 19.2. The van der Waals surface area contributed by atoms with Gasteiger partial charge in [-0.2, -0.15) is 0 Å². The molecule has 2 atom stereocenters. The number of aryl methyl sites for hydroxylation is 1. The Kier molecular flexibility index (Phi) is 9.42. The van der Waals surface area contributed by atoms with Crippen LogP contribution in [-0.2, 0) is 11.2 Å². The minimum absolute atomic E-state index is 0.142. The average Bonchev–Trinajstić information content (AvgIpc) is 2.92. The van der Waals surface area contributed by atoms with E-state index in [1.165, 1.54) is 6.42 Å². The summed E-state index contributed by atoms with van der Waals surface area (Å²) in [6, 6.07) is 12.9. The third-order valence-corrected chi connectivity index (χ3v) is 7.52. The summed E-state index contributed by atoms with van der Waals surface area (Å²) < 4.78 is 65.5. The average molecular weight is 513 g/mol. The maximum absolute atomic E-state index is 15.1. The summed E-state index contributed by atoms with van der Waals surface area (Å²) in [5.74, 6) is -3.60. The maximum Gasteiger partial charge on any atom is 0.166 e. The number of hydrogen-bond donors (Lipinski definition) is 0. The van der Waals surface area contributed by atoms with Crippen molar-refractivity contribution >= 4 is 0 Å². The Morgan fingerprint density at radius 2 is 1.30 bits per heavy atom. The van der Waals surface area contributed by atoms with Gasteiger partial charge >= 0.3 is 0 Å². The minimum Gasteiger partial charge on any atom is -0.378 e. The predicted octanol–water partition coefficient (Wildman–Crippen LogP) is 9.76. The fourth-order valence-corrected chi connectivity index (χ4v) is 5.21. The van der Waals surface area contributed by atoms with Crippen molar-refractivity contribution in [2.75, 3.05) is 6.61 Å². The Morgan fingerprint density at radius 3 is 1.89 bits per heavy atom. The molecule has 1 nitrogen and oxygen atoms in total. The number of halogens is 4. The van der Waals surface area contributed by atoms with E-state index in [9.17, 15) is 8.78 Å². The lowest BCUT2D eigenvalue weighted by molar-refractivity contribution is -0.00277. The first kappa shape index (κ1) is 27.4. The fourth-order valence-electron chi connectivity index (χ4n) is 5.21. The van der Waals surface area contributed by atoms with Crippen LogP contribution in [0.2, 0.25) is 0 Å². The van der Waals surface area contributed by atoms with Crippen LogP contribution in [0, 0.1) is 23.3 Å². The third kappa shape index (κ3) is 6.26. The van der Waals surface area contributed by atoms with E-state index in [2.05, 4.69) is 6.92 Å². The fraction of sp³-hybridized carbons (Fsp3) is 0.438. The summed E-state index contributed by atoms with van der Waals surface area (Å²) in [5.41, 5.74) is 1.97. The van der Waals surface area contributed by atoms with Gasteiger partial charge in [0, 0.05) is 17.0 Å². The molecule has 198 valence electrons. The molecule has 0 bridgehead atoms. The summed E-state index contributed by atoms with van der Waals surface area (Å²) in [6.07, 6.45) is 8.52. The molecule has 0 spiro atoms. The first-order chi connectivity index (χ1) is 17.9. The van der Waals surface area contributed by atoms with E-state index < -0.39 is 23.3 Å². The van der Waals surface area contributed by atoms with Crippen molar-refractivity contribution in [3.8, 4) is 22.3 Å². The van der Waals surface area contributed by atoms with Gasteiger partial charge in [0.15, 0.2) is 23.3 Å². The monoisotopic (exact) mass is 512 g/mol. The van der Waals surface area contributed by atoms with Crippen LogP contribution < -0.4 is 0 Å². The molecule has 0 amide bonds. The Hall–Kier alpha value is -2.66. The van der Waals surface area contributed by atoms with Crippen LogP contribution in [0.1, 0.15) is 82.3 Å². The van der Waals surface area contributed by atoms with Gasteiger partial charge in [0.25, 0.3) is 0 Å². The van der Waals surface area contributed by atoms with E-state index in [4.69, 9.17) is 4.74 Å². The Morgan fingerprint density at radius 1 is 0.676 bits per heavy atom. The van der Waals surface area contributed by atoms with Gasteiger partial charge in [0.2, 0.25) is 0 Å². The van der Waals surface area contributed by atoms with Gasteiger partial charge in [-0.05, 0) is 54.4 Å². The van der Waals surface area contributed by atoms with Crippen molar-refractivity contribution in [3.05, 3.63) is 82.9 Å². The normalized spacial score (nSPS) is 17.8. The molecule has 0 saturated carbocycles. The van der Waals surface area contributed by atoms with Crippen LogP contribution in [0.15, 0.2) is 48.5 Å². The number of hydrogen-bond acceptors (Lipinski definition) is 1. The number of benzene rings is 3. The number of rotatable bonds is 10. The summed E-state index contributed by atoms with van der Waals surface area (Å²) in [5, 5.41) is 0. The molecule has 37 heavy (non-hydrogen) atoms. The van der Waals surface area contributed by atoms with Crippen LogP contribution in [-0.4, -0.2) is 12.7 Å². The smallest absolute Gasteiger partial charge is 0.166 e. The highest BCUT2D eigenvalue weighted by Crippen LogP contribution is 2.36. The largest absolute Gasteiger partial charge is 0.378 e. The van der Waals surface area contributed by atoms with E-state index >= 15 is 8.78 Å². The molecule has 0 aromatic heterocycles. The number of ether oxygens (including phenoxy) is 1. The SMILES string of the molecule is CCCCCC1CCC(c2ccc(-c3ccc(-c4ccc(CCCC)c(F)c4F)cc3)c(F)c2F)CO1. The Bertz CT molecular complexity index is 1180. The van der Waals surface area contributed by atoms with Gasteiger partial charge < -0.3 is 4.74 Å². The zero-order valence-corrected chi connectivity index (χ0v) is 21.8. The molecule has 1 aliphatic rings. The molecule has 2 unspecified atom stereocenters. The van der Waals surface area contributed by atoms with Crippen LogP contribution in [0.3, 0.4) is 0 Å². The van der Waals surface area contributed by atoms with Crippen molar-refractivity contribution in [1.82, 2.24) is 0 Å². The lowest BCUT2D eigenvalue weighted by Gasteiger charge is -2.29. The zero-order valence-electron chi connectivity index (χ0n) is 21.8. The minimum atomic E-state index is -0.896. The van der Waals surface area contributed by atoms with Gasteiger partial charge in [-0.1, -0.05) is 88.1 Å². The Labute approximate surface area is 217 Å². The van der Waals surface area contributed by atoms with E-state index in [-0.39, 0.29) is 23.1 Å². The lowest BCUT2D eigenvalue weighted by atomic mass is 9.88. The van der Waals surface area contributed by atoms with Gasteiger partial charge in [-0.25, -0.2) is 17.6 Å². The first-order valence-corrected chi connectivity index (χ1v) is 13.6. The summed E-state index contributed by atoms with van der Waals surface area (Å²) in [4.78, 5) is 0. The van der Waals surface area contributed by atoms with Gasteiger partial charge in [-0.3, -0.25) is 0 Å². The first-order valence-electron chi connectivity index (χ1n) is 13.6. The molecule has 0 radical (unpaired) electrons. The summed E-state index contributed by atoms with van der Waals surface area (Å²) in [7, 11) is 0. The topological polar surface area (TPSA) is 9.23 Å². The molecule has 1 saturated heterocycles. The van der Waals surface area contributed by atoms with Crippen molar-refractivity contribution in [2.45, 2.75) is 83.7 Å². The molecule has 3 aromatic rings. The van der Waals surface area contributed by atoms with E-state index in [0.29, 0.717) is 35.3 Å². The van der Waals surface area contributed by atoms with Crippen molar-refractivity contribution in [2.24, 2.45) is 0 Å². The molecule has 1 heterocycles. The lowest BCUT2D eigenvalue weighted by Crippen LogP contribution is -2.25. The Balaban J connectivity index is 1.48. The molecular weight excluding hydrogens is 476 g/mol. The van der Waals surface area contributed by atoms with Crippen molar-refractivity contribution in [1.29, 1.82) is 0 Å². The standard InChI is InChI=1S/C32H36F4O/c1-3-5-7-9-25-16-14-24(20-37-25)28-19-18-27(31(35)32(28)36)22-12-10-21(11-13-22)26-17-15-23(8-6-4-2)29(33)30(26)34/h10-13,15,17-19,24-25H,3-9,14,16,20H2,1-2H3. The van der Waals surface area contributed by atoms with Gasteiger partial charge in [-0.15, -0.1) is 0 Å². The molecule has 3 aromatic carbocycles. The van der Waals surface area contributed by atoms with Crippen LogP contribution >= 0.6 is 0 Å². The molecule has 5 heteroatoms. The van der Waals surface area contributed by atoms with Crippen molar-refractivity contribution < 1.29 is 22.3 Å². The number of unbranched alkanes of at least 4 members (excludes halogenated alkanes) is 3. The summed E-state index contributed by atoms with van der Waals surface area (Å²) in [6.45, 7) is 4.57. The quantitative estimate of drug-likeness (QED) is 0.194. The highest BCUT2D eigenvalue weighted by Gasteiger charge is 2.27. The van der Waals surface area contributed by atoms with E-state index in [0.717, 1.165) is 44.9 Å². The van der Waals surface area contributed by atoms with E-state index in [1.807, 2.05) is 6.92 Å². The van der Waals surface area contributed by atoms with E-state index in [1.54, 1.807) is 48.5 Å². The highest BCUT2D eigenvalue weighted by molar-refractivity contribution is 5.71. The molecular formula is C32H36F4O. The second-order valence-electron chi connectivity index (χ2n) is 10.1. The molecule has 4 rings (SSSR count). The van der Waals surface area contributed by atoms with Gasteiger partial charge in [0.05, 0.1) is 12.7 Å². The zero-order chi connectivity index (χ0) is 26.4. The van der Waals surface area contributed by atoms with Crippen molar-refractivity contribution in [3.63, 3.8) is 0 Å². The second kappa shape index (κ2) is 12.7. The molecule has 0 aliphatic carbocycles. The second-order valence-corrected chi connectivity index (χ2v) is 10.1. The van der Waals surface area contributed by atoms with Gasteiger partial charge in [0.1, 0.15) is 0 Å². The van der Waals surface area contributed by atoms with Crippen LogP contribution in [0.25, 0.3) is 22.3 Å². The molecule has 0 N–H and O–H groups in total. The van der Waals surface area contributed by atoms with Crippen LogP contribution in [0.5, 0.6) is 0 Å². The summed E-state index contributed by atoms with van der Waals surface area (Å²) >= 11 is 0. The third-order valence-electron chi connectivity index (χ3n) is 7.52.